The maximum atomic E-state index is 13.3. The van der Waals surface area contributed by atoms with E-state index in [1.165, 1.54) is 25.1 Å². The number of anilines is 1. The van der Waals surface area contributed by atoms with Crippen LogP contribution < -0.4 is 15.4 Å². The first-order chi connectivity index (χ1) is 13.3. The van der Waals surface area contributed by atoms with Gasteiger partial charge in [0.2, 0.25) is 11.8 Å². The SMILES string of the molecule is COc1cccc(NC(=O)CN(C)C(=O)CN[C@H](C)c2ccc(F)c(F)c2)c1. The zero-order valence-electron chi connectivity index (χ0n) is 16.0. The number of nitrogens with one attached hydrogen (secondary N) is 2. The van der Waals surface area contributed by atoms with Crippen LogP contribution in [0.25, 0.3) is 0 Å². The number of likely N-dealkylation sites (N-methyl/N-ethyl adjacent to an activating group) is 1. The van der Waals surface area contributed by atoms with Gasteiger partial charge in [-0.25, -0.2) is 8.78 Å². The largest absolute Gasteiger partial charge is 0.497 e. The van der Waals surface area contributed by atoms with Gasteiger partial charge >= 0.3 is 0 Å². The summed E-state index contributed by atoms with van der Waals surface area (Å²) >= 11 is 0. The molecule has 8 heteroatoms. The molecule has 2 N–H and O–H groups in total. The van der Waals surface area contributed by atoms with Crippen molar-refractivity contribution in [2.75, 3.05) is 32.6 Å². The molecule has 6 nitrogen and oxygen atoms in total. The molecule has 0 fully saturated rings. The van der Waals surface area contributed by atoms with Crippen LogP contribution in [-0.2, 0) is 9.59 Å². The molecule has 0 spiro atoms. The van der Waals surface area contributed by atoms with Gasteiger partial charge in [0.25, 0.3) is 0 Å². The predicted octanol–water partition coefficient (Wildman–Crippen LogP) is 2.72. The molecule has 2 rings (SSSR count). The monoisotopic (exact) mass is 391 g/mol. The van der Waals surface area contributed by atoms with Gasteiger partial charge in [0.15, 0.2) is 11.6 Å². The summed E-state index contributed by atoms with van der Waals surface area (Å²) in [5, 5.41) is 5.63. The van der Waals surface area contributed by atoms with Crippen LogP contribution in [0.3, 0.4) is 0 Å². The average Bonchev–Trinajstić information content (AvgIpc) is 2.67. The second-order valence-electron chi connectivity index (χ2n) is 6.31. The van der Waals surface area contributed by atoms with E-state index in [0.29, 0.717) is 17.0 Å². The summed E-state index contributed by atoms with van der Waals surface area (Å²) in [4.78, 5) is 25.6. The molecule has 0 aliphatic carbocycles. The van der Waals surface area contributed by atoms with Gasteiger partial charge in [-0.05, 0) is 36.8 Å². The normalized spacial score (nSPS) is 11.6. The highest BCUT2D eigenvalue weighted by Crippen LogP contribution is 2.17. The molecule has 0 saturated heterocycles. The first kappa shape index (κ1) is 21.3. The Morgan fingerprint density at radius 1 is 1.14 bits per heavy atom. The van der Waals surface area contributed by atoms with Gasteiger partial charge in [0.1, 0.15) is 5.75 Å². The van der Waals surface area contributed by atoms with E-state index < -0.39 is 11.6 Å². The van der Waals surface area contributed by atoms with Gasteiger partial charge in [-0.3, -0.25) is 9.59 Å². The minimum absolute atomic E-state index is 0.0525. The van der Waals surface area contributed by atoms with E-state index >= 15 is 0 Å². The molecule has 2 aromatic carbocycles. The lowest BCUT2D eigenvalue weighted by Crippen LogP contribution is -2.40. The number of benzene rings is 2. The molecular weight excluding hydrogens is 368 g/mol. The van der Waals surface area contributed by atoms with Gasteiger partial charge in [-0.2, -0.15) is 0 Å². The molecule has 0 unspecified atom stereocenters. The van der Waals surface area contributed by atoms with Crippen molar-refractivity contribution in [3.8, 4) is 5.75 Å². The molecule has 2 aromatic rings. The van der Waals surface area contributed by atoms with E-state index in [1.54, 1.807) is 31.2 Å². The van der Waals surface area contributed by atoms with Crippen molar-refractivity contribution in [2.24, 2.45) is 0 Å². The second-order valence-corrected chi connectivity index (χ2v) is 6.31. The van der Waals surface area contributed by atoms with Crippen LogP contribution in [0.4, 0.5) is 14.5 Å². The molecule has 0 radical (unpaired) electrons. The Kier molecular flexibility index (Phi) is 7.45. The van der Waals surface area contributed by atoms with Gasteiger partial charge in [-0.15, -0.1) is 0 Å². The van der Waals surface area contributed by atoms with Crippen molar-refractivity contribution >= 4 is 17.5 Å². The molecule has 0 saturated carbocycles. The van der Waals surface area contributed by atoms with Crippen molar-refractivity contribution in [1.82, 2.24) is 10.2 Å². The standard InChI is InChI=1S/C20H23F2N3O3/c1-13(14-7-8-17(21)18(22)9-14)23-11-20(27)25(2)12-19(26)24-15-5-4-6-16(10-15)28-3/h4-10,13,23H,11-12H2,1-3H3,(H,24,26)/t13-/m1/s1. The molecule has 0 aromatic heterocycles. The smallest absolute Gasteiger partial charge is 0.243 e. The van der Waals surface area contributed by atoms with Crippen LogP contribution in [0.1, 0.15) is 18.5 Å². The lowest BCUT2D eigenvalue weighted by Gasteiger charge is -2.19. The van der Waals surface area contributed by atoms with Crippen LogP contribution in [0.15, 0.2) is 42.5 Å². The first-order valence-corrected chi connectivity index (χ1v) is 8.66. The van der Waals surface area contributed by atoms with E-state index in [-0.39, 0.29) is 30.9 Å². The minimum Gasteiger partial charge on any atom is -0.497 e. The van der Waals surface area contributed by atoms with Crippen LogP contribution in [-0.4, -0.2) is 44.0 Å². The third-order valence-corrected chi connectivity index (χ3v) is 4.16. The number of amides is 2. The van der Waals surface area contributed by atoms with Gasteiger partial charge in [0, 0.05) is 24.8 Å². The number of methoxy groups -OCH3 is 1. The number of ether oxygens (including phenoxy) is 1. The summed E-state index contributed by atoms with van der Waals surface area (Å²) in [6, 6.07) is 10.1. The van der Waals surface area contributed by atoms with Crippen LogP contribution in [0.2, 0.25) is 0 Å². The molecular formula is C20H23F2N3O3. The van der Waals surface area contributed by atoms with E-state index in [4.69, 9.17) is 4.74 Å². The fourth-order valence-corrected chi connectivity index (χ4v) is 2.48. The summed E-state index contributed by atoms with van der Waals surface area (Å²) in [6.45, 7) is 1.55. The van der Waals surface area contributed by atoms with Gasteiger partial charge in [-0.1, -0.05) is 12.1 Å². The van der Waals surface area contributed by atoms with Crippen molar-refractivity contribution in [1.29, 1.82) is 0 Å². The Hall–Kier alpha value is -3.00. The molecule has 28 heavy (non-hydrogen) atoms. The molecule has 0 bridgehead atoms. The second kappa shape index (κ2) is 9.80. The summed E-state index contributed by atoms with van der Waals surface area (Å²) < 4.78 is 31.4. The first-order valence-electron chi connectivity index (χ1n) is 8.66. The third-order valence-electron chi connectivity index (χ3n) is 4.16. The van der Waals surface area contributed by atoms with Crippen LogP contribution in [0, 0.1) is 11.6 Å². The van der Waals surface area contributed by atoms with Gasteiger partial charge in [0.05, 0.1) is 20.2 Å². The number of halogens is 2. The zero-order valence-corrected chi connectivity index (χ0v) is 16.0. The van der Waals surface area contributed by atoms with E-state index in [9.17, 15) is 18.4 Å². The molecule has 2 amide bonds. The number of carbonyl (C=O) groups is 2. The van der Waals surface area contributed by atoms with E-state index in [1.807, 2.05) is 0 Å². The number of carbonyl (C=O) groups excluding carboxylic acids is 2. The quantitative estimate of drug-likeness (QED) is 0.726. The molecule has 150 valence electrons. The highest BCUT2D eigenvalue weighted by Gasteiger charge is 2.15. The lowest BCUT2D eigenvalue weighted by atomic mass is 10.1. The predicted molar refractivity (Wildman–Crippen MR) is 102 cm³/mol. The average molecular weight is 391 g/mol. The molecule has 0 aliphatic heterocycles. The summed E-state index contributed by atoms with van der Waals surface area (Å²) in [6.07, 6.45) is 0. The van der Waals surface area contributed by atoms with E-state index in [2.05, 4.69) is 10.6 Å². The van der Waals surface area contributed by atoms with Crippen LogP contribution >= 0.6 is 0 Å². The Bertz CT molecular complexity index is 845. The summed E-state index contributed by atoms with van der Waals surface area (Å²) in [7, 11) is 3.04. The van der Waals surface area contributed by atoms with Crippen molar-refractivity contribution < 1.29 is 23.1 Å². The number of nitrogens with zero attached hydrogens (tertiary/aromatic N) is 1. The number of hydrogen-bond acceptors (Lipinski definition) is 4. The lowest BCUT2D eigenvalue weighted by molar-refractivity contribution is -0.132. The number of hydrogen-bond donors (Lipinski definition) is 2. The maximum Gasteiger partial charge on any atom is 0.243 e. The Balaban J connectivity index is 1.82. The Morgan fingerprint density at radius 3 is 2.57 bits per heavy atom. The van der Waals surface area contributed by atoms with Crippen molar-refractivity contribution in [2.45, 2.75) is 13.0 Å². The van der Waals surface area contributed by atoms with Crippen molar-refractivity contribution in [3.63, 3.8) is 0 Å². The molecule has 1 atom stereocenters. The Labute approximate surface area is 162 Å². The minimum atomic E-state index is -0.941. The molecule has 0 aliphatic rings. The van der Waals surface area contributed by atoms with Crippen LogP contribution in [0.5, 0.6) is 5.75 Å². The topological polar surface area (TPSA) is 70.7 Å². The molecule has 0 heterocycles. The third kappa shape index (κ3) is 6.02. The fourth-order valence-electron chi connectivity index (χ4n) is 2.48. The zero-order chi connectivity index (χ0) is 20.7. The highest BCUT2D eigenvalue weighted by atomic mass is 19.2. The number of rotatable bonds is 8. The van der Waals surface area contributed by atoms with E-state index in [0.717, 1.165) is 12.1 Å². The maximum absolute atomic E-state index is 13.3. The summed E-state index contributed by atoms with van der Waals surface area (Å²) in [5.41, 5.74) is 1.08. The highest BCUT2D eigenvalue weighted by molar-refractivity contribution is 5.94. The van der Waals surface area contributed by atoms with Crippen molar-refractivity contribution in [3.05, 3.63) is 59.7 Å². The fraction of sp³-hybridized carbons (Fsp3) is 0.300. The Morgan fingerprint density at radius 2 is 1.89 bits per heavy atom. The van der Waals surface area contributed by atoms with Gasteiger partial charge < -0.3 is 20.3 Å². The summed E-state index contributed by atoms with van der Waals surface area (Å²) in [5.74, 6) is -1.91.